The summed E-state index contributed by atoms with van der Waals surface area (Å²) in [6.45, 7) is 5.28. The van der Waals surface area contributed by atoms with Crippen molar-refractivity contribution in [1.82, 2.24) is 4.98 Å². The van der Waals surface area contributed by atoms with E-state index in [0.29, 0.717) is 29.8 Å². The molecule has 0 amide bonds. The van der Waals surface area contributed by atoms with E-state index in [2.05, 4.69) is 18.8 Å². The maximum Gasteiger partial charge on any atom is 0.433 e. The molecule has 0 aromatic carbocycles. The Morgan fingerprint density at radius 2 is 1.83 bits per heavy atom. The quantitative estimate of drug-likeness (QED) is 0.484. The zero-order chi connectivity index (χ0) is 25.0. The van der Waals surface area contributed by atoms with Crippen molar-refractivity contribution in [2.24, 2.45) is 46.8 Å². The minimum Gasteiger partial charge on any atom is -0.387 e. The molecule has 4 aliphatic carbocycles. The minimum absolute atomic E-state index is 0.332. The first-order chi connectivity index (χ1) is 16.5. The number of ether oxygens (including phenoxy) is 1. The first kappa shape index (κ1) is 25.5. The number of rotatable bonds is 5. The van der Waals surface area contributed by atoms with Gasteiger partial charge in [0.2, 0.25) is 0 Å². The van der Waals surface area contributed by atoms with Crippen LogP contribution in [0.5, 0.6) is 0 Å². The summed E-state index contributed by atoms with van der Waals surface area (Å²) in [6, 6.07) is 2.75. The molecule has 0 radical (unpaired) electrons. The molecule has 0 spiro atoms. The van der Waals surface area contributed by atoms with Crippen LogP contribution in [0.25, 0.3) is 0 Å². The fourth-order valence-electron chi connectivity index (χ4n) is 9.56. The standard InChI is InChI=1S/C29H42F3NO2/c1-18(14-19-4-9-26(33-16-19)29(30,31)32)24-7-8-25-23-6-5-20-15-28(34,17-35-3)13-11-21(20)22(23)10-12-27(24,25)2/h4,9,16,18,20-25,34H,5-8,10-15,17H2,1-3H3/t18-,20-,21+,22-,23-,24-,25+,27-,28-/m1/s1. The highest BCUT2D eigenvalue weighted by Gasteiger charge is 2.58. The van der Waals surface area contributed by atoms with Gasteiger partial charge < -0.3 is 9.84 Å². The van der Waals surface area contributed by atoms with Crippen LogP contribution < -0.4 is 0 Å². The van der Waals surface area contributed by atoms with Crippen LogP contribution in [0.3, 0.4) is 0 Å². The molecule has 0 bridgehead atoms. The summed E-state index contributed by atoms with van der Waals surface area (Å²) in [5.74, 6) is 4.81. The average Bonchev–Trinajstić information content (AvgIpc) is 3.16. The number of fused-ring (bicyclic) bond motifs is 5. The highest BCUT2D eigenvalue weighted by Crippen LogP contribution is 2.65. The van der Waals surface area contributed by atoms with Gasteiger partial charge in [-0.05, 0) is 123 Å². The number of halogens is 3. The van der Waals surface area contributed by atoms with Crippen molar-refractivity contribution in [2.45, 2.75) is 89.8 Å². The van der Waals surface area contributed by atoms with Gasteiger partial charge >= 0.3 is 6.18 Å². The van der Waals surface area contributed by atoms with Crippen LogP contribution in [-0.4, -0.2) is 29.4 Å². The molecule has 4 saturated carbocycles. The predicted molar refractivity (Wildman–Crippen MR) is 130 cm³/mol. The zero-order valence-corrected chi connectivity index (χ0v) is 21.5. The Labute approximate surface area is 208 Å². The summed E-state index contributed by atoms with van der Waals surface area (Å²) < 4.78 is 44.0. The van der Waals surface area contributed by atoms with Crippen molar-refractivity contribution in [1.29, 1.82) is 0 Å². The summed E-state index contributed by atoms with van der Waals surface area (Å²) in [5.41, 5.74) is -0.192. The highest BCUT2D eigenvalue weighted by molar-refractivity contribution is 5.17. The summed E-state index contributed by atoms with van der Waals surface area (Å²) in [6.07, 6.45) is 8.38. The van der Waals surface area contributed by atoms with Gasteiger partial charge in [0.05, 0.1) is 12.2 Å². The average molecular weight is 494 g/mol. The summed E-state index contributed by atoms with van der Waals surface area (Å²) in [7, 11) is 1.69. The van der Waals surface area contributed by atoms with Crippen LogP contribution in [0.15, 0.2) is 18.3 Å². The topological polar surface area (TPSA) is 42.4 Å². The van der Waals surface area contributed by atoms with E-state index < -0.39 is 17.5 Å². The molecule has 1 N–H and O–H groups in total. The molecule has 35 heavy (non-hydrogen) atoms. The van der Waals surface area contributed by atoms with Gasteiger partial charge in [0.1, 0.15) is 5.69 Å². The number of hydrogen-bond acceptors (Lipinski definition) is 3. The van der Waals surface area contributed by atoms with Crippen molar-refractivity contribution >= 4 is 0 Å². The van der Waals surface area contributed by atoms with Gasteiger partial charge in [0.15, 0.2) is 0 Å². The molecule has 1 aromatic heterocycles. The fourth-order valence-corrected chi connectivity index (χ4v) is 9.56. The Morgan fingerprint density at radius 1 is 1.06 bits per heavy atom. The van der Waals surface area contributed by atoms with E-state index in [9.17, 15) is 18.3 Å². The summed E-state index contributed by atoms with van der Waals surface area (Å²) in [5, 5.41) is 11.0. The van der Waals surface area contributed by atoms with Crippen LogP contribution in [0.4, 0.5) is 13.2 Å². The molecule has 0 saturated heterocycles. The van der Waals surface area contributed by atoms with Gasteiger partial charge in [-0.2, -0.15) is 13.2 Å². The first-order valence-corrected chi connectivity index (χ1v) is 13.8. The fraction of sp³-hybridized carbons (Fsp3) is 0.828. The minimum atomic E-state index is -4.38. The van der Waals surface area contributed by atoms with Crippen molar-refractivity contribution in [3.63, 3.8) is 0 Å². The lowest BCUT2D eigenvalue weighted by atomic mass is 9.48. The van der Waals surface area contributed by atoms with Gasteiger partial charge in [-0.1, -0.05) is 19.9 Å². The third-order valence-corrected chi connectivity index (χ3v) is 11.0. The summed E-state index contributed by atoms with van der Waals surface area (Å²) >= 11 is 0. The van der Waals surface area contributed by atoms with Crippen molar-refractivity contribution in [3.05, 3.63) is 29.6 Å². The Bertz CT molecular complexity index is 889. The lowest BCUT2D eigenvalue weighted by Gasteiger charge is -2.57. The van der Waals surface area contributed by atoms with E-state index >= 15 is 0 Å². The molecule has 5 rings (SSSR count). The Balaban J connectivity index is 1.25. The molecule has 0 aliphatic heterocycles. The molecule has 0 unspecified atom stereocenters. The highest BCUT2D eigenvalue weighted by atomic mass is 19.4. The van der Waals surface area contributed by atoms with E-state index in [0.717, 1.165) is 61.0 Å². The monoisotopic (exact) mass is 493 g/mol. The summed E-state index contributed by atoms with van der Waals surface area (Å²) in [4.78, 5) is 3.69. The molecule has 196 valence electrons. The molecular weight excluding hydrogens is 451 g/mol. The SMILES string of the molecule is COC[C@@]1(O)CC[C@H]2[C@H](CC[C@@H]3[C@@H]2CC[C@]2(C)[C@@H]([C@H](C)Cc4ccc(C(F)(F)F)nc4)CC[C@@H]32)C1. The second-order valence-electron chi connectivity index (χ2n) is 12.8. The number of methoxy groups -OCH3 is 1. The molecule has 3 nitrogen and oxygen atoms in total. The second-order valence-corrected chi connectivity index (χ2v) is 12.8. The van der Waals surface area contributed by atoms with Gasteiger partial charge in [-0.3, -0.25) is 4.98 Å². The van der Waals surface area contributed by atoms with Gasteiger partial charge in [0.25, 0.3) is 0 Å². The van der Waals surface area contributed by atoms with Gasteiger partial charge in [-0.15, -0.1) is 0 Å². The van der Waals surface area contributed by atoms with Crippen molar-refractivity contribution in [3.8, 4) is 0 Å². The number of nitrogens with zero attached hydrogens (tertiary/aromatic N) is 1. The number of hydrogen-bond donors (Lipinski definition) is 1. The predicted octanol–water partition coefficient (Wildman–Crippen LogP) is 6.93. The van der Waals surface area contributed by atoms with Crippen LogP contribution >= 0.6 is 0 Å². The number of pyridine rings is 1. The molecule has 4 aliphatic rings. The third kappa shape index (κ3) is 4.67. The van der Waals surface area contributed by atoms with Gasteiger partial charge in [-0.25, -0.2) is 0 Å². The lowest BCUT2D eigenvalue weighted by molar-refractivity contribution is -0.141. The van der Waals surface area contributed by atoms with E-state index in [-0.39, 0.29) is 0 Å². The Hall–Kier alpha value is -1.14. The van der Waals surface area contributed by atoms with Crippen molar-refractivity contribution in [2.75, 3.05) is 13.7 Å². The molecule has 6 heteroatoms. The van der Waals surface area contributed by atoms with E-state index in [1.165, 1.54) is 44.7 Å². The number of aliphatic hydroxyl groups is 1. The lowest BCUT2D eigenvalue weighted by Crippen LogP contribution is -2.52. The van der Waals surface area contributed by atoms with E-state index in [4.69, 9.17) is 4.74 Å². The molecule has 9 atom stereocenters. The zero-order valence-electron chi connectivity index (χ0n) is 21.5. The van der Waals surface area contributed by atoms with Crippen LogP contribution in [0.2, 0.25) is 0 Å². The van der Waals surface area contributed by atoms with Crippen molar-refractivity contribution < 1.29 is 23.0 Å². The van der Waals surface area contributed by atoms with Crippen LogP contribution in [-0.2, 0) is 17.3 Å². The van der Waals surface area contributed by atoms with Crippen LogP contribution in [0.1, 0.15) is 82.9 Å². The third-order valence-electron chi connectivity index (χ3n) is 11.0. The Kier molecular flexibility index (Phi) is 6.78. The largest absolute Gasteiger partial charge is 0.433 e. The first-order valence-electron chi connectivity index (χ1n) is 13.8. The molecule has 1 aromatic rings. The number of aromatic nitrogens is 1. The van der Waals surface area contributed by atoms with Gasteiger partial charge in [0, 0.05) is 13.3 Å². The molecule has 4 fully saturated rings. The molecular formula is C29H42F3NO2. The van der Waals surface area contributed by atoms with E-state index in [1.54, 1.807) is 13.2 Å². The smallest absolute Gasteiger partial charge is 0.387 e. The maximum atomic E-state index is 12.9. The normalized spacial score (nSPS) is 42.1. The number of alkyl halides is 3. The second kappa shape index (κ2) is 9.31. The maximum absolute atomic E-state index is 12.9. The molecule has 1 heterocycles. The van der Waals surface area contributed by atoms with E-state index in [1.807, 2.05) is 0 Å². The van der Waals surface area contributed by atoms with Crippen LogP contribution in [0, 0.1) is 46.8 Å². The Morgan fingerprint density at radius 3 is 2.51 bits per heavy atom.